The Hall–Kier alpha value is -2.08. The van der Waals surface area contributed by atoms with Gasteiger partial charge in [-0.05, 0) is 48.9 Å². The fourth-order valence-corrected chi connectivity index (χ4v) is 3.82. The molecule has 1 heterocycles. The smallest absolute Gasteiger partial charge is 0.190 e. The molecule has 25 heavy (non-hydrogen) atoms. The molecule has 0 aliphatic heterocycles. The van der Waals surface area contributed by atoms with Crippen LogP contribution < -0.4 is 9.54 Å². The Morgan fingerprint density at radius 1 is 1.12 bits per heavy atom. The SMILES string of the molecule is COc1ccc(N=c2sc(C)c(-c3ccc(Cl)cc3)n2CCO)cc1. The van der Waals surface area contributed by atoms with Crippen LogP contribution in [0.1, 0.15) is 4.88 Å². The number of aliphatic hydroxyl groups excluding tert-OH is 1. The molecule has 0 bridgehead atoms. The Bertz CT molecular complexity index is 912. The van der Waals surface area contributed by atoms with Gasteiger partial charge in [0.15, 0.2) is 4.80 Å². The van der Waals surface area contributed by atoms with Crippen LogP contribution in [0.25, 0.3) is 11.3 Å². The number of hydrogen-bond donors (Lipinski definition) is 1. The molecule has 2 aromatic carbocycles. The number of aliphatic hydroxyl groups is 1. The monoisotopic (exact) mass is 374 g/mol. The van der Waals surface area contributed by atoms with Crippen molar-refractivity contribution in [1.82, 2.24) is 4.57 Å². The zero-order valence-electron chi connectivity index (χ0n) is 14.1. The van der Waals surface area contributed by atoms with Crippen molar-refractivity contribution >= 4 is 28.6 Å². The molecular weight excluding hydrogens is 356 g/mol. The van der Waals surface area contributed by atoms with Gasteiger partial charge >= 0.3 is 0 Å². The fraction of sp³-hybridized carbons (Fsp3) is 0.211. The number of rotatable bonds is 5. The first-order valence-corrected chi connectivity index (χ1v) is 9.07. The highest BCUT2D eigenvalue weighted by molar-refractivity contribution is 7.09. The second kappa shape index (κ2) is 7.87. The normalized spacial score (nSPS) is 11.8. The van der Waals surface area contributed by atoms with Gasteiger partial charge in [0.1, 0.15) is 5.75 Å². The van der Waals surface area contributed by atoms with Crippen LogP contribution >= 0.6 is 22.9 Å². The minimum Gasteiger partial charge on any atom is -0.497 e. The number of nitrogens with zero attached hydrogens (tertiary/aromatic N) is 2. The summed E-state index contributed by atoms with van der Waals surface area (Å²) in [6.45, 7) is 2.60. The quantitative estimate of drug-likeness (QED) is 0.718. The van der Waals surface area contributed by atoms with Crippen LogP contribution in [0.3, 0.4) is 0 Å². The number of aryl methyl sites for hydroxylation is 1. The van der Waals surface area contributed by atoms with E-state index < -0.39 is 0 Å². The second-order valence-electron chi connectivity index (χ2n) is 5.48. The highest BCUT2D eigenvalue weighted by Gasteiger charge is 2.12. The third kappa shape index (κ3) is 3.95. The summed E-state index contributed by atoms with van der Waals surface area (Å²) in [7, 11) is 1.64. The van der Waals surface area contributed by atoms with Crippen LogP contribution in [0.4, 0.5) is 5.69 Å². The van der Waals surface area contributed by atoms with E-state index in [9.17, 15) is 5.11 Å². The van der Waals surface area contributed by atoms with Gasteiger partial charge in [-0.25, -0.2) is 4.99 Å². The Morgan fingerprint density at radius 2 is 1.80 bits per heavy atom. The molecule has 0 fully saturated rings. The number of aromatic nitrogens is 1. The largest absolute Gasteiger partial charge is 0.497 e. The first-order valence-electron chi connectivity index (χ1n) is 7.88. The van der Waals surface area contributed by atoms with E-state index in [0.29, 0.717) is 11.6 Å². The molecule has 0 spiro atoms. The molecule has 0 aliphatic rings. The van der Waals surface area contributed by atoms with Crippen LogP contribution in [0, 0.1) is 6.92 Å². The van der Waals surface area contributed by atoms with E-state index in [4.69, 9.17) is 21.3 Å². The van der Waals surface area contributed by atoms with Crippen LogP contribution in [0.5, 0.6) is 5.75 Å². The standard InChI is InChI=1S/C19H19ClN2O2S/c1-13-18(14-3-5-15(20)6-4-14)22(11-12-23)19(25-13)21-16-7-9-17(24-2)10-8-16/h3-10,23H,11-12H2,1-2H3. The molecule has 4 nitrogen and oxygen atoms in total. The van der Waals surface area contributed by atoms with E-state index in [1.165, 1.54) is 0 Å². The Kier molecular flexibility index (Phi) is 5.58. The molecule has 0 atom stereocenters. The average Bonchev–Trinajstić information content (AvgIpc) is 2.92. The van der Waals surface area contributed by atoms with Crippen molar-refractivity contribution in [2.24, 2.45) is 4.99 Å². The van der Waals surface area contributed by atoms with E-state index in [-0.39, 0.29) is 6.61 Å². The summed E-state index contributed by atoms with van der Waals surface area (Å²) in [5, 5.41) is 10.2. The lowest BCUT2D eigenvalue weighted by atomic mass is 10.1. The summed E-state index contributed by atoms with van der Waals surface area (Å²) in [4.78, 5) is 6.74. The molecule has 0 radical (unpaired) electrons. The van der Waals surface area contributed by atoms with Gasteiger partial charge in [-0.2, -0.15) is 0 Å². The number of thiazole rings is 1. The van der Waals surface area contributed by atoms with Gasteiger partial charge in [0.25, 0.3) is 0 Å². The van der Waals surface area contributed by atoms with Crippen molar-refractivity contribution in [3.05, 3.63) is 63.2 Å². The summed E-state index contributed by atoms with van der Waals surface area (Å²) < 4.78 is 7.23. The highest BCUT2D eigenvalue weighted by atomic mass is 35.5. The van der Waals surface area contributed by atoms with Crippen LogP contribution in [-0.4, -0.2) is 23.4 Å². The van der Waals surface area contributed by atoms with Crippen molar-refractivity contribution < 1.29 is 9.84 Å². The maximum Gasteiger partial charge on any atom is 0.190 e. The molecule has 3 aromatic rings. The molecule has 0 saturated heterocycles. The van der Waals surface area contributed by atoms with Gasteiger partial charge in [-0.1, -0.05) is 23.7 Å². The van der Waals surface area contributed by atoms with E-state index >= 15 is 0 Å². The highest BCUT2D eigenvalue weighted by Crippen LogP contribution is 2.27. The maximum atomic E-state index is 9.51. The Morgan fingerprint density at radius 3 is 2.40 bits per heavy atom. The zero-order valence-corrected chi connectivity index (χ0v) is 15.6. The molecule has 0 aliphatic carbocycles. The van der Waals surface area contributed by atoms with Gasteiger partial charge in [-0.3, -0.25) is 0 Å². The Labute approximate surface area is 155 Å². The van der Waals surface area contributed by atoms with Crippen molar-refractivity contribution in [3.8, 4) is 17.0 Å². The molecule has 6 heteroatoms. The fourth-order valence-electron chi connectivity index (χ4n) is 2.65. The molecule has 0 saturated carbocycles. The topological polar surface area (TPSA) is 46.8 Å². The second-order valence-corrected chi connectivity index (χ2v) is 7.10. The van der Waals surface area contributed by atoms with Gasteiger partial charge in [0.2, 0.25) is 0 Å². The summed E-state index contributed by atoms with van der Waals surface area (Å²) in [5.41, 5.74) is 2.96. The van der Waals surface area contributed by atoms with Crippen molar-refractivity contribution in [1.29, 1.82) is 0 Å². The first-order chi connectivity index (χ1) is 12.1. The number of halogens is 1. The number of ether oxygens (including phenoxy) is 1. The van der Waals surface area contributed by atoms with Crippen molar-refractivity contribution in [3.63, 3.8) is 0 Å². The third-order valence-corrected chi connectivity index (χ3v) is 5.06. The lowest BCUT2D eigenvalue weighted by molar-refractivity contribution is 0.275. The summed E-state index contributed by atoms with van der Waals surface area (Å²) >= 11 is 7.61. The summed E-state index contributed by atoms with van der Waals surface area (Å²) in [6, 6.07) is 15.3. The summed E-state index contributed by atoms with van der Waals surface area (Å²) in [5.74, 6) is 0.798. The number of hydrogen-bond acceptors (Lipinski definition) is 4. The van der Waals surface area contributed by atoms with Gasteiger partial charge in [0, 0.05) is 16.4 Å². The predicted octanol–water partition coefficient (Wildman–Crippen LogP) is 4.41. The van der Waals surface area contributed by atoms with Crippen molar-refractivity contribution in [2.75, 3.05) is 13.7 Å². The zero-order chi connectivity index (χ0) is 17.8. The van der Waals surface area contributed by atoms with Crippen LogP contribution in [-0.2, 0) is 6.54 Å². The number of benzene rings is 2. The lowest BCUT2D eigenvalue weighted by Gasteiger charge is -2.09. The third-order valence-electron chi connectivity index (χ3n) is 3.82. The molecule has 3 rings (SSSR count). The van der Waals surface area contributed by atoms with E-state index in [1.807, 2.05) is 53.1 Å². The minimum absolute atomic E-state index is 0.0482. The molecule has 130 valence electrons. The van der Waals surface area contributed by atoms with Crippen LogP contribution in [0.2, 0.25) is 5.02 Å². The molecule has 1 aromatic heterocycles. The van der Waals surface area contributed by atoms with Gasteiger partial charge in [0.05, 0.1) is 25.1 Å². The van der Waals surface area contributed by atoms with Gasteiger partial charge in [-0.15, -0.1) is 11.3 Å². The predicted molar refractivity (Wildman–Crippen MR) is 103 cm³/mol. The Balaban J connectivity index is 2.12. The van der Waals surface area contributed by atoms with E-state index in [2.05, 4.69) is 6.92 Å². The van der Waals surface area contributed by atoms with Crippen LogP contribution in [0.15, 0.2) is 53.5 Å². The average molecular weight is 375 g/mol. The molecule has 1 N–H and O–H groups in total. The molecule has 0 amide bonds. The lowest BCUT2D eigenvalue weighted by Crippen LogP contribution is -2.17. The molecular formula is C19H19ClN2O2S. The number of methoxy groups -OCH3 is 1. The maximum absolute atomic E-state index is 9.51. The first kappa shape index (κ1) is 17.7. The summed E-state index contributed by atoms with van der Waals surface area (Å²) in [6.07, 6.45) is 0. The van der Waals surface area contributed by atoms with E-state index in [0.717, 1.165) is 32.4 Å². The minimum atomic E-state index is 0.0482. The van der Waals surface area contributed by atoms with E-state index in [1.54, 1.807) is 18.4 Å². The molecule has 0 unspecified atom stereocenters. The van der Waals surface area contributed by atoms with Gasteiger partial charge < -0.3 is 14.4 Å². The van der Waals surface area contributed by atoms with Crippen molar-refractivity contribution in [2.45, 2.75) is 13.5 Å².